The topological polar surface area (TPSA) is 105 Å². The highest BCUT2D eigenvalue weighted by Gasteiger charge is 2.30. The number of carbonyl (C=O) groups excluding carboxylic acids is 2. The van der Waals surface area contributed by atoms with Gasteiger partial charge in [0.05, 0.1) is 24.2 Å². The van der Waals surface area contributed by atoms with Crippen molar-refractivity contribution in [1.82, 2.24) is 10.3 Å². The van der Waals surface area contributed by atoms with Crippen molar-refractivity contribution in [2.24, 2.45) is 0 Å². The molecular weight excluding hydrogens is 296 g/mol. The van der Waals surface area contributed by atoms with Crippen LogP contribution in [0.25, 0.3) is 0 Å². The highest BCUT2D eigenvalue weighted by Crippen LogP contribution is 2.19. The van der Waals surface area contributed by atoms with Gasteiger partial charge in [0.2, 0.25) is 0 Å². The fourth-order valence-corrected chi connectivity index (χ4v) is 4.23. The molecule has 8 heteroatoms. The molecule has 1 aromatic heterocycles. The summed E-state index contributed by atoms with van der Waals surface area (Å²) in [6.45, 7) is 3.33. The molecule has 1 saturated heterocycles. The number of H-pyrrole nitrogens is 1. The molecule has 1 aliphatic rings. The maximum Gasteiger partial charge on any atom is 0.339 e. The van der Waals surface area contributed by atoms with Crippen LogP contribution in [-0.4, -0.2) is 49.9 Å². The minimum Gasteiger partial charge on any atom is -0.465 e. The van der Waals surface area contributed by atoms with Gasteiger partial charge in [-0.25, -0.2) is 13.2 Å². The Morgan fingerprint density at radius 3 is 2.52 bits per heavy atom. The Morgan fingerprint density at radius 1 is 1.33 bits per heavy atom. The minimum absolute atomic E-state index is 0.0403. The van der Waals surface area contributed by atoms with Crippen molar-refractivity contribution in [3.8, 4) is 0 Å². The van der Waals surface area contributed by atoms with E-state index in [1.54, 1.807) is 13.8 Å². The fraction of sp³-hybridized carbons (Fsp3) is 0.538. The normalized spacial score (nSPS) is 20.2. The number of methoxy groups -OCH3 is 1. The molecule has 2 rings (SSSR count). The molecule has 21 heavy (non-hydrogen) atoms. The number of hydrogen-bond donors (Lipinski definition) is 2. The smallest absolute Gasteiger partial charge is 0.339 e. The van der Waals surface area contributed by atoms with Gasteiger partial charge in [-0.05, 0) is 25.8 Å². The summed E-state index contributed by atoms with van der Waals surface area (Å²) in [5.74, 6) is -0.869. The molecule has 1 aliphatic heterocycles. The van der Waals surface area contributed by atoms with Crippen LogP contribution in [0.1, 0.15) is 38.5 Å². The van der Waals surface area contributed by atoms with Crippen molar-refractivity contribution < 1.29 is 22.7 Å². The second-order valence-corrected chi connectivity index (χ2v) is 7.42. The van der Waals surface area contributed by atoms with E-state index in [4.69, 9.17) is 0 Å². The maximum atomic E-state index is 12.2. The first kappa shape index (κ1) is 15.6. The lowest BCUT2D eigenvalue weighted by molar-refractivity contribution is 0.0599. The number of amides is 1. The summed E-state index contributed by atoms with van der Waals surface area (Å²) in [4.78, 5) is 26.7. The Morgan fingerprint density at radius 2 is 2.00 bits per heavy atom. The van der Waals surface area contributed by atoms with Crippen molar-refractivity contribution in [3.05, 3.63) is 22.5 Å². The number of aromatic nitrogens is 1. The van der Waals surface area contributed by atoms with Crippen molar-refractivity contribution in [3.63, 3.8) is 0 Å². The predicted octanol–water partition coefficient (Wildman–Crippen LogP) is 0.335. The molecule has 116 valence electrons. The predicted molar refractivity (Wildman–Crippen MR) is 76.1 cm³/mol. The number of hydrogen-bond acceptors (Lipinski definition) is 5. The lowest BCUT2D eigenvalue weighted by Crippen LogP contribution is -2.36. The van der Waals surface area contributed by atoms with Crippen LogP contribution in [0.5, 0.6) is 0 Å². The van der Waals surface area contributed by atoms with Gasteiger partial charge >= 0.3 is 5.97 Å². The molecule has 0 unspecified atom stereocenters. The summed E-state index contributed by atoms with van der Waals surface area (Å²) < 4.78 is 27.5. The quantitative estimate of drug-likeness (QED) is 0.782. The molecule has 2 heterocycles. The summed E-state index contributed by atoms with van der Waals surface area (Å²) in [6, 6.07) is -0.382. The first-order valence-corrected chi connectivity index (χ1v) is 8.36. The van der Waals surface area contributed by atoms with Crippen molar-refractivity contribution >= 4 is 21.7 Å². The average molecular weight is 314 g/mol. The molecule has 1 atom stereocenters. The number of esters is 1. The van der Waals surface area contributed by atoms with Crippen LogP contribution in [0.4, 0.5) is 0 Å². The first-order valence-electron chi connectivity index (χ1n) is 6.54. The van der Waals surface area contributed by atoms with Gasteiger partial charge in [0, 0.05) is 11.7 Å². The molecule has 0 bridgehead atoms. The third-order valence-electron chi connectivity index (χ3n) is 3.62. The van der Waals surface area contributed by atoms with E-state index in [2.05, 4.69) is 15.0 Å². The Bertz CT molecular complexity index is 690. The van der Waals surface area contributed by atoms with E-state index in [0.29, 0.717) is 23.2 Å². The van der Waals surface area contributed by atoms with E-state index in [1.165, 1.54) is 7.11 Å². The molecule has 2 N–H and O–H groups in total. The Hall–Kier alpha value is -1.83. The number of sulfone groups is 1. The molecule has 1 amide bonds. The van der Waals surface area contributed by atoms with Gasteiger partial charge in [-0.2, -0.15) is 0 Å². The van der Waals surface area contributed by atoms with Gasteiger partial charge in [0.25, 0.3) is 5.91 Å². The van der Waals surface area contributed by atoms with Gasteiger partial charge in [0.15, 0.2) is 9.84 Å². The summed E-state index contributed by atoms with van der Waals surface area (Å²) >= 11 is 0. The van der Waals surface area contributed by atoms with Crippen LogP contribution in [0, 0.1) is 13.8 Å². The van der Waals surface area contributed by atoms with Crippen LogP contribution in [0.2, 0.25) is 0 Å². The van der Waals surface area contributed by atoms with E-state index in [9.17, 15) is 18.0 Å². The van der Waals surface area contributed by atoms with Crippen LogP contribution in [0.15, 0.2) is 0 Å². The van der Waals surface area contributed by atoms with Gasteiger partial charge in [-0.3, -0.25) is 4.79 Å². The monoisotopic (exact) mass is 314 g/mol. The summed E-state index contributed by atoms with van der Waals surface area (Å²) in [7, 11) is -1.78. The van der Waals surface area contributed by atoms with Crippen LogP contribution >= 0.6 is 0 Å². The van der Waals surface area contributed by atoms with Gasteiger partial charge in [-0.1, -0.05) is 0 Å². The summed E-state index contributed by atoms with van der Waals surface area (Å²) in [5, 5.41) is 2.69. The van der Waals surface area contributed by atoms with Gasteiger partial charge < -0.3 is 15.0 Å². The standard InChI is InChI=1S/C13H18N2O5S/c1-7-10(13(17)20-3)8(2)14-11(7)12(16)15-9-4-5-21(18,19)6-9/h9,14H,4-6H2,1-3H3,(H,15,16)/t9-/m0/s1. The van der Waals surface area contributed by atoms with Crippen molar-refractivity contribution in [2.75, 3.05) is 18.6 Å². The van der Waals surface area contributed by atoms with E-state index in [0.717, 1.165) is 0 Å². The molecule has 0 aliphatic carbocycles. The highest BCUT2D eigenvalue weighted by atomic mass is 32.2. The molecular formula is C13H18N2O5S. The maximum absolute atomic E-state index is 12.2. The third-order valence-corrected chi connectivity index (χ3v) is 5.39. The van der Waals surface area contributed by atoms with E-state index in [-0.39, 0.29) is 23.2 Å². The number of aryl methyl sites for hydroxylation is 1. The molecule has 1 fully saturated rings. The molecule has 0 radical (unpaired) electrons. The largest absolute Gasteiger partial charge is 0.465 e. The zero-order chi connectivity index (χ0) is 15.8. The van der Waals surface area contributed by atoms with Crippen LogP contribution in [0.3, 0.4) is 0 Å². The number of rotatable bonds is 3. The molecule has 7 nitrogen and oxygen atoms in total. The highest BCUT2D eigenvalue weighted by molar-refractivity contribution is 7.91. The minimum atomic E-state index is -3.05. The zero-order valence-electron chi connectivity index (χ0n) is 12.1. The van der Waals surface area contributed by atoms with E-state index in [1.807, 2.05) is 0 Å². The van der Waals surface area contributed by atoms with Crippen LogP contribution < -0.4 is 5.32 Å². The zero-order valence-corrected chi connectivity index (χ0v) is 13.0. The number of carbonyl (C=O) groups is 2. The van der Waals surface area contributed by atoms with E-state index < -0.39 is 21.7 Å². The number of ether oxygens (including phenoxy) is 1. The molecule has 0 spiro atoms. The van der Waals surface area contributed by atoms with Gasteiger partial charge in [-0.15, -0.1) is 0 Å². The fourth-order valence-electron chi connectivity index (χ4n) is 2.55. The first-order chi connectivity index (χ1) is 9.75. The van der Waals surface area contributed by atoms with Gasteiger partial charge in [0.1, 0.15) is 5.69 Å². The van der Waals surface area contributed by atoms with Crippen molar-refractivity contribution in [1.29, 1.82) is 0 Å². The second kappa shape index (κ2) is 5.51. The van der Waals surface area contributed by atoms with Crippen molar-refractivity contribution in [2.45, 2.75) is 26.3 Å². The Labute approximate surface area is 123 Å². The Balaban J connectivity index is 2.19. The van der Waals surface area contributed by atoms with Crippen LogP contribution in [-0.2, 0) is 14.6 Å². The lowest BCUT2D eigenvalue weighted by Gasteiger charge is -2.10. The average Bonchev–Trinajstić information content (AvgIpc) is 2.88. The molecule has 0 saturated carbocycles. The third kappa shape index (κ3) is 3.10. The molecule has 0 aromatic carbocycles. The Kier molecular flexibility index (Phi) is 4.08. The summed E-state index contributed by atoms with van der Waals surface area (Å²) in [5.41, 5.74) is 1.64. The lowest BCUT2D eigenvalue weighted by atomic mass is 10.1. The SMILES string of the molecule is COC(=O)c1c(C)[nH]c(C(=O)N[C@H]2CCS(=O)(=O)C2)c1C. The number of nitrogens with one attached hydrogen (secondary N) is 2. The summed E-state index contributed by atoms with van der Waals surface area (Å²) in [6.07, 6.45) is 0.413. The molecule has 1 aromatic rings. The number of aromatic amines is 1. The van der Waals surface area contributed by atoms with E-state index >= 15 is 0 Å². The second-order valence-electron chi connectivity index (χ2n) is 5.19.